The second-order valence-corrected chi connectivity index (χ2v) is 5.50. The lowest BCUT2D eigenvalue weighted by Crippen LogP contribution is -2.39. The van der Waals surface area contributed by atoms with Crippen LogP contribution < -0.4 is 5.73 Å². The second-order valence-electron chi connectivity index (χ2n) is 5.50. The van der Waals surface area contributed by atoms with Crippen molar-refractivity contribution < 1.29 is 9.90 Å². The SMILES string of the molecule is CC(C)CC(CN)CC(=O)N1CCC[C@@H]1CO. The van der Waals surface area contributed by atoms with E-state index >= 15 is 0 Å². The van der Waals surface area contributed by atoms with E-state index in [4.69, 9.17) is 5.73 Å². The smallest absolute Gasteiger partial charge is 0.223 e. The van der Waals surface area contributed by atoms with Crippen LogP contribution in [0.2, 0.25) is 0 Å². The maximum atomic E-state index is 12.1. The molecule has 1 saturated heterocycles. The molecule has 0 aromatic carbocycles. The molecular formula is C13H26N2O2. The molecule has 1 rings (SSSR count). The van der Waals surface area contributed by atoms with Gasteiger partial charge >= 0.3 is 0 Å². The number of hydrogen-bond acceptors (Lipinski definition) is 3. The van der Waals surface area contributed by atoms with Crippen molar-refractivity contribution in [2.45, 2.75) is 45.6 Å². The first kappa shape index (κ1) is 14.5. The quantitative estimate of drug-likeness (QED) is 0.729. The fourth-order valence-corrected chi connectivity index (χ4v) is 2.65. The summed E-state index contributed by atoms with van der Waals surface area (Å²) >= 11 is 0. The Morgan fingerprint density at radius 1 is 1.53 bits per heavy atom. The Balaban J connectivity index is 2.46. The Kier molecular flexibility index (Phi) is 5.92. The zero-order chi connectivity index (χ0) is 12.8. The maximum Gasteiger partial charge on any atom is 0.223 e. The van der Waals surface area contributed by atoms with Crippen molar-refractivity contribution in [3.63, 3.8) is 0 Å². The van der Waals surface area contributed by atoms with Crippen molar-refractivity contribution >= 4 is 5.91 Å². The molecule has 0 aromatic rings. The molecule has 4 nitrogen and oxygen atoms in total. The van der Waals surface area contributed by atoms with Gasteiger partial charge in [-0.05, 0) is 37.6 Å². The molecule has 2 atom stereocenters. The number of nitrogens with zero attached hydrogens (tertiary/aromatic N) is 1. The van der Waals surface area contributed by atoms with E-state index in [1.165, 1.54) is 0 Å². The van der Waals surface area contributed by atoms with E-state index in [0.717, 1.165) is 25.8 Å². The highest BCUT2D eigenvalue weighted by molar-refractivity contribution is 5.77. The zero-order valence-electron chi connectivity index (χ0n) is 11.1. The lowest BCUT2D eigenvalue weighted by Gasteiger charge is -2.25. The average Bonchev–Trinajstić information content (AvgIpc) is 2.75. The molecule has 0 spiro atoms. The number of rotatable bonds is 6. The van der Waals surface area contributed by atoms with Crippen molar-refractivity contribution in [3.05, 3.63) is 0 Å². The summed E-state index contributed by atoms with van der Waals surface area (Å²) in [5.41, 5.74) is 5.72. The zero-order valence-corrected chi connectivity index (χ0v) is 11.1. The van der Waals surface area contributed by atoms with Gasteiger partial charge in [-0.1, -0.05) is 13.8 Å². The molecule has 1 heterocycles. The molecule has 0 bridgehead atoms. The number of nitrogens with two attached hydrogens (primary N) is 1. The van der Waals surface area contributed by atoms with Gasteiger partial charge in [-0.3, -0.25) is 4.79 Å². The molecule has 1 aliphatic rings. The number of carbonyl (C=O) groups is 1. The Bertz CT molecular complexity index is 244. The van der Waals surface area contributed by atoms with Crippen LogP contribution in [0.15, 0.2) is 0 Å². The van der Waals surface area contributed by atoms with Gasteiger partial charge in [-0.2, -0.15) is 0 Å². The third kappa shape index (κ3) is 4.28. The summed E-state index contributed by atoms with van der Waals surface area (Å²) in [6.45, 7) is 5.76. The molecule has 0 saturated carbocycles. The normalized spacial score (nSPS) is 22.2. The topological polar surface area (TPSA) is 66.6 Å². The Hall–Kier alpha value is -0.610. The van der Waals surface area contributed by atoms with E-state index in [1.807, 2.05) is 4.90 Å². The number of amides is 1. The largest absolute Gasteiger partial charge is 0.394 e. The summed E-state index contributed by atoms with van der Waals surface area (Å²) in [4.78, 5) is 14.0. The van der Waals surface area contributed by atoms with Gasteiger partial charge in [0.25, 0.3) is 0 Å². The molecule has 100 valence electrons. The highest BCUT2D eigenvalue weighted by Crippen LogP contribution is 2.21. The lowest BCUT2D eigenvalue weighted by atomic mass is 9.93. The minimum Gasteiger partial charge on any atom is -0.394 e. The molecular weight excluding hydrogens is 216 g/mol. The number of likely N-dealkylation sites (tertiary alicyclic amines) is 1. The molecule has 1 fully saturated rings. The van der Waals surface area contributed by atoms with E-state index in [2.05, 4.69) is 13.8 Å². The van der Waals surface area contributed by atoms with Gasteiger partial charge in [0.2, 0.25) is 5.91 Å². The predicted octanol–water partition coefficient (Wildman–Crippen LogP) is 0.981. The van der Waals surface area contributed by atoms with E-state index in [-0.39, 0.29) is 24.5 Å². The van der Waals surface area contributed by atoms with E-state index in [1.54, 1.807) is 0 Å². The van der Waals surface area contributed by atoms with Crippen LogP contribution in [-0.4, -0.2) is 41.7 Å². The van der Waals surface area contributed by atoms with Crippen LogP contribution in [-0.2, 0) is 4.79 Å². The highest BCUT2D eigenvalue weighted by atomic mass is 16.3. The van der Waals surface area contributed by atoms with Crippen LogP contribution in [0.3, 0.4) is 0 Å². The Morgan fingerprint density at radius 2 is 2.24 bits per heavy atom. The number of aliphatic hydroxyl groups is 1. The molecule has 17 heavy (non-hydrogen) atoms. The minimum atomic E-state index is 0.0416. The van der Waals surface area contributed by atoms with Crippen LogP contribution in [0.25, 0.3) is 0 Å². The molecule has 1 unspecified atom stereocenters. The third-order valence-electron chi connectivity index (χ3n) is 3.51. The lowest BCUT2D eigenvalue weighted by molar-refractivity contribution is -0.133. The monoisotopic (exact) mass is 242 g/mol. The summed E-state index contributed by atoms with van der Waals surface area (Å²) in [6, 6.07) is 0.0416. The van der Waals surface area contributed by atoms with E-state index in [9.17, 15) is 9.90 Å². The second kappa shape index (κ2) is 6.97. The molecule has 0 aliphatic carbocycles. The summed E-state index contributed by atoms with van der Waals surface area (Å²) in [5.74, 6) is 1.02. The van der Waals surface area contributed by atoms with Gasteiger partial charge < -0.3 is 15.7 Å². The van der Waals surface area contributed by atoms with Crippen LogP contribution >= 0.6 is 0 Å². The van der Waals surface area contributed by atoms with Crippen LogP contribution in [0, 0.1) is 11.8 Å². The minimum absolute atomic E-state index is 0.0416. The van der Waals surface area contributed by atoms with E-state index < -0.39 is 0 Å². The van der Waals surface area contributed by atoms with Gasteiger partial charge in [0, 0.05) is 13.0 Å². The number of carbonyl (C=O) groups excluding carboxylic acids is 1. The van der Waals surface area contributed by atoms with Gasteiger partial charge in [-0.25, -0.2) is 0 Å². The van der Waals surface area contributed by atoms with Crippen LogP contribution in [0.4, 0.5) is 0 Å². The fraction of sp³-hybridized carbons (Fsp3) is 0.923. The Morgan fingerprint density at radius 3 is 2.76 bits per heavy atom. The fourth-order valence-electron chi connectivity index (χ4n) is 2.65. The van der Waals surface area contributed by atoms with E-state index in [0.29, 0.717) is 18.9 Å². The van der Waals surface area contributed by atoms with Crippen molar-refractivity contribution in [2.75, 3.05) is 19.7 Å². The molecule has 1 aliphatic heterocycles. The first-order valence-corrected chi connectivity index (χ1v) is 6.68. The summed E-state index contributed by atoms with van der Waals surface area (Å²) in [5, 5.41) is 9.20. The average molecular weight is 242 g/mol. The van der Waals surface area contributed by atoms with Crippen molar-refractivity contribution in [2.24, 2.45) is 17.6 Å². The van der Waals surface area contributed by atoms with Gasteiger partial charge in [0.15, 0.2) is 0 Å². The first-order valence-electron chi connectivity index (χ1n) is 6.68. The van der Waals surface area contributed by atoms with Gasteiger partial charge in [-0.15, -0.1) is 0 Å². The van der Waals surface area contributed by atoms with Crippen LogP contribution in [0.1, 0.15) is 39.5 Å². The molecule has 4 heteroatoms. The number of hydrogen-bond donors (Lipinski definition) is 2. The molecule has 3 N–H and O–H groups in total. The highest BCUT2D eigenvalue weighted by Gasteiger charge is 2.29. The van der Waals surface area contributed by atoms with Gasteiger partial charge in [0.05, 0.1) is 12.6 Å². The molecule has 0 aromatic heterocycles. The third-order valence-corrected chi connectivity index (χ3v) is 3.51. The summed E-state index contributed by atoms with van der Waals surface area (Å²) in [6.07, 6.45) is 3.47. The first-order chi connectivity index (χ1) is 8.08. The van der Waals surface area contributed by atoms with Crippen molar-refractivity contribution in [1.29, 1.82) is 0 Å². The Labute approximate surface area is 104 Å². The van der Waals surface area contributed by atoms with Gasteiger partial charge in [0.1, 0.15) is 0 Å². The summed E-state index contributed by atoms with van der Waals surface area (Å²) in [7, 11) is 0. The maximum absolute atomic E-state index is 12.1. The van der Waals surface area contributed by atoms with Crippen molar-refractivity contribution in [1.82, 2.24) is 4.90 Å². The molecule has 0 radical (unpaired) electrons. The predicted molar refractivity (Wildman–Crippen MR) is 68.4 cm³/mol. The standard InChI is InChI=1S/C13H26N2O2/c1-10(2)6-11(8-14)7-13(17)15-5-3-4-12(15)9-16/h10-12,16H,3-9,14H2,1-2H3/t11?,12-/m1/s1. The van der Waals surface area contributed by atoms with Crippen LogP contribution in [0.5, 0.6) is 0 Å². The van der Waals surface area contributed by atoms with Crippen molar-refractivity contribution in [3.8, 4) is 0 Å². The molecule has 1 amide bonds. The summed E-state index contributed by atoms with van der Waals surface area (Å²) < 4.78 is 0. The number of aliphatic hydroxyl groups excluding tert-OH is 1.